The predicted molar refractivity (Wildman–Crippen MR) is 68.0 cm³/mol. The molecule has 0 aliphatic carbocycles. The number of halogens is 1. The van der Waals surface area contributed by atoms with Crippen molar-refractivity contribution < 1.29 is 13.9 Å². The molecule has 2 rings (SSSR count). The van der Waals surface area contributed by atoms with Crippen molar-refractivity contribution in [2.24, 2.45) is 0 Å². The lowest BCUT2D eigenvalue weighted by Gasteiger charge is -2.05. The van der Waals surface area contributed by atoms with Crippen LogP contribution in [0.2, 0.25) is 0 Å². The maximum Gasteiger partial charge on any atom is 0.338 e. The van der Waals surface area contributed by atoms with E-state index in [-0.39, 0.29) is 5.88 Å². The van der Waals surface area contributed by atoms with Crippen LogP contribution in [0.4, 0.5) is 0 Å². The van der Waals surface area contributed by atoms with E-state index in [1.807, 2.05) is 0 Å². The van der Waals surface area contributed by atoms with Gasteiger partial charge in [0.25, 0.3) is 0 Å². The van der Waals surface area contributed by atoms with E-state index in [0.29, 0.717) is 23.3 Å². The number of ether oxygens (including phenoxy) is 1. The largest absolute Gasteiger partial charge is 0.462 e. The molecule has 0 saturated heterocycles. The minimum atomic E-state index is -0.487. The molecular formula is C13H11ClO4. The van der Waals surface area contributed by atoms with E-state index in [9.17, 15) is 9.59 Å². The van der Waals surface area contributed by atoms with E-state index >= 15 is 0 Å². The summed E-state index contributed by atoms with van der Waals surface area (Å²) in [6.45, 7) is 2.02. The third kappa shape index (κ3) is 2.38. The van der Waals surface area contributed by atoms with Gasteiger partial charge in [-0.1, -0.05) is 6.07 Å². The number of hydrogen-bond donors (Lipinski definition) is 0. The van der Waals surface area contributed by atoms with Gasteiger partial charge in [-0.2, -0.15) is 0 Å². The van der Waals surface area contributed by atoms with E-state index < -0.39 is 11.6 Å². The highest BCUT2D eigenvalue weighted by Gasteiger charge is 2.10. The average molecular weight is 267 g/mol. The van der Waals surface area contributed by atoms with Gasteiger partial charge in [0.1, 0.15) is 5.58 Å². The Kier molecular flexibility index (Phi) is 3.67. The van der Waals surface area contributed by atoms with Crippen molar-refractivity contribution in [3.8, 4) is 0 Å². The van der Waals surface area contributed by atoms with Crippen LogP contribution in [0, 0.1) is 0 Å². The summed E-state index contributed by atoms with van der Waals surface area (Å²) in [4.78, 5) is 22.9. The van der Waals surface area contributed by atoms with E-state index in [1.54, 1.807) is 19.1 Å². The fourth-order valence-corrected chi connectivity index (χ4v) is 1.90. The molecular weight excluding hydrogens is 256 g/mol. The molecule has 0 spiro atoms. The second-order valence-electron chi connectivity index (χ2n) is 3.66. The zero-order valence-corrected chi connectivity index (χ0v) is 10.5. The Morgan fingerprint density at radius 2 is 2.17 bits per heavy atom. The maximum absolute atomic E-state index is 11.6. The number of esters is 1. The fraction of sp³-hybridized carbons (Fsp3) is 0.231. The van der Waals surface area contributed by atoms with Crippen molar-refractivity contribution >= 4 is 28.5 Å². The van der Waals surface area contributed by atoms with Gasteiger partial charge in [-0.3, -0.25) is 0 Å². The highest BCUT2D eigenvalue weighted by molar-refractivity contribution is 6.18. The molecule has 0 bridgehead atoms. The van der Waals surface area contributed by atoms with Gasteiger partial charge < -0.3 is 9.15 Å². The lowest BCUT2D eigenvalue weighted by atomic mass is 10.1. The molecule has 2 aromatic rings. The average Bonchev–Trinajstić information content (AvgIpc) is 2.37. The zero-order valence-electron chi connectivity index (χ0n) is 9.73. The lowest BCUT2D eigenvalue weighted by Crippen LogP contribution is -2.05. The number of alkyl halides is 1. The summed E-state index contributed by atoms with van der Waals surface area (Å²) >= 11 is 5.76. The molecule has 0 atom stereocenters. The second kappa shape index (κ2) is 5.23. The summed E-state index contributed by atoms with van der Waals surface area (Å²) in [6, 6.07) is 6.16. The van der Waals surface area contributed by atoms with Crippen molar-refractivity contribution in [3.05, 3.63) is 45.8 Å². The van der Waals surface area contributed by atoms with Crippen LogP contribution >= 0.6 is 11.6 Å². The van der Waals surface area contributed by atoms with E-state index in [2.05, 4.69) is 0 Å². The van der Waals surface area contributed by atoms with Crippen LogP contribution in [0.1, 0.15) is 22.8 Å². The smallest absolute Gasteiger partial charge is 0.338 e. The molecule has 18 heavy (non-hydrogen) atoms. The van der Waals surface area contributed by atoms with Gasteiger partial charge in [-0.05, 0) is 24.6 Å². The topological polar surface area (TPSA) is 56.5 Å². The quantitative estimate of drug-likeness (QED) is 0.487. The Bertz CT molecular complexity index is 645. The fourth-order valence-electron chi connectivity index (χ4n) is 1.68. The van der Waals surface area contributed by atoms with Crippen molar-refractivity contribution in [2.75, 3.05) is 6.61 Å². The summed E-state index contributed by atoms with van der Waals surface area (Å²) in [6.07, 6.45) is 0. The molecule has 0 N–H and O–H groups in total. The first-order chi connectivity index (χ1) is 8.65. The number of hydrogen-bond acceptors (Lipinski definition) is 4. The Hall–Kier alpha value is -1.81. The molecule has 0 saturated carbocycles. The Morgan fingerprint density at radius 1 is 1.39 bits per heavy atom. The van der Waals surface area contributed by atoms with E-state index in [4.69, 9.17) is 20.8 Å². The molecule has 0 aliphatic rings. The molecule has 0 radical (unpaired) electrons. The number of fused-ring (bicyclic) bond motifs is 1. The summed E-state index contributed by atoms with van der Waals surface area (Å²) < 4.78 is 9.93. The Labute approximate surface area is 108 Å². The summed E-state index contributed by atoms with van der Waals surface area (Å²) in [5.41, 5.74) is 0.875. The maximum atomic E-state index is 11.6. The van der Waals surface area contributed by atoms with Crippen LogP contribution in [-0.2, 0) is 10.6 Å². The molecule has 4 nitrogen and oxygen atoms in total. The molecule has 5 heteroatoms. The molecule has 0 unspecified atom stereocenters. The number of carbonyl (C=O) groups excluding carboxylic acids is 1. The molecule has 0 aliphatic heterocycles. The van der Waals surface area contributed by atoms with Crippen molar-refractivity contribution in [1.82, 2.24) is 0 Å². The third-order valence-corrected chi connectivity index (χ3v) is 2.77. The second-order valence-corrected chi connectivity index (χ2v) is 3.92. The Morgan fingerprint density at radius 3 is 2.83 bits per heavy atom. The van der Waals surface area contributed by atoms with Gasteiger partial charge >= 0.3 is 11.6 Å². The summed E-state index contributed by atoms with van der Waals surface area (Å²) in [5, 5.41) is 0.720. The van der Waals surface area contributed by atoms with Crippen LogP contribution < -0.4 is 5.63 Å². The molecule has 0 amide bonds. The van der Waals surface area contributed by atoms with E-state index in [0.717, 1.165) is 5.39 Å². The van der Waals surface area contributed by atoms with Gasteiger partial charge in [0.15, 0.2) is 0 Å². The lowest BCUT2D eigenvalue weighted by molar-refractivity contribution is 0.0526. The highest BCUT2D eigenvalue weighted by Crippen LogP contribution is 2.20. The van der Waals surface area contributed by atoms with Gasteiger partial charge in [-0.25, -0.2) is 9.59 Å². The SMILES string of the molecule is CCOC(=O)c1ccc2c(CCl)cc(=O)oc2c1. The van der Waals surface area contributed by atoms with Crippen molar-refractivity contribution in [3.63, 3.8) is 0 Å². The first-order valence-corrected chi connectivity index (χ1v) is 5.99. The van der Waals surface area contributed by atoms with Crippen LogP contribution in [0.15, 0.2) is 33.5 Å². The first-order valence-electron chi connectivity index (χ1n) is 5.45. The normalized spacial score (nSPS) is 10.6. The van der Waals surface area contributed by atoms with Crippen molar-refractivity contribution in [2.45, 2.75) is 12.8 Å². The standard InChI is InChI=1S/C13H11ClO4/c1-2-17-13(16)8-3-4-10-9(7-14)6-12(15)18-11(10)5-8/h3-6H,2,7H2,1H3. The monoisotopic (exact) mass is 266 g/mol. The number of rotatable bonds is 3. The van der Waals surface area contributed by atoms with Gasteiger partial charge in [0.05, 0.1) is 12.2 Å². The van der Waals surface area contributed by atoms with E-state index in [1.165, 1.54) is 12.1 Å². The first kappa shape index (κ1) is 12.6. The Balaban J connectivity index is 2.58. The van der Waals surface area contributed by atoms with Gasteiger partial charge in [0, 0.05) is 17.3 Å². The zero-order chi connectivity index (χ0) is 13.1. The predicted octanol–water partition coefficient (Wildman–Crippen LogP) is 2.71. The van der Waals surface area contributed by atoms with Crippen LogP contribution in [0.5, 0.6) is 0 Å². The van der Waals surface area contributed by atoms with Crippen LogP contribution in [0.3, 0.4) is 0 Å². The molecule has 1 aromatic heterocycles. The van der Waals surface area contributed by atoms with Crippen molar-refractivity contribution in [1.29, 1.82) is 0 Å². The number of benzene rings is 1. The molecule has 0 fully saturated rings. The third-order valence-electron chi connectivity index (χ3n) is 2.49. The summed E-state index contributed by atoms with van der Waals surface area (Å²) in [5.74, 6) is -0.237. The molecule has 1 heterocycles. The van der Waals surface area contributed by atoms with Gasteiger partial charge in [0.2, 0.25) is 0 Å². The summed E-state index contributed by atoms with van der Waals surface area (Å²) in [7, 11) is 0. The molecule has 94 valence electrons. The van der Waals surface area contributed by atoms with Gasteiger partial charge in [-0.15, -0.1) is 11.6 Å². The van der Waals surface area contributed by atoms with Crippen LogP contribution in [-0.4, -0.2) is 12.6 Å². The number of carbonyl (C=O) groups is 1. The molecule has 1 aromatic carbocycles. The minimum Gasteiger partial charge on any atom is -0.462 e. The highest BCUT2D eigenvalue weighted by atomic mass is 35.5. The van der Waals surface area contributed by atoms with Crippen LogP contribution in [0.25, 0.3) is 11.0 Å². The minimum absolute atomic E-state index is 0.209.